The number of halogens is 7. The maximum atomic E-state index is 14.2. The number of alkyl halides is 5. The van der Waals surface area contributed by atoms with Gasteiger partial charge in [-0.05, 0) is 41.5 Å². The number of nitrogens with one attached hydrogen (secondary N) is 1. The van der Waals surface area contributed by atoms with E-state index in [1.165, 1.54) is 18.2 Å². The minimum absolute atomic E-state index is 0.0319. The minimum Gasteiger partial charge on any atom is -0.372 e. The summed E-state index contributed by atoms with van der Waals surface area (Å²) in [6.45, 7) is -0.346. The Morgan fingerprint density at radius 3 is 2.42 bits per heavy atom. The summed E-state index contributed by atoms with van der Waals surface area (Å²) in [5, 5.41) is 5.92. The molecule has 0 radical (unpaired) electrons. The third-order valence-corrected chi connectivity index (χ3v) is 5.91. The van der Waals surface area contributed by atoms with Crippen molar-refractivity contribution in [2.75, 3.05) is 6.54 Å². The summed E-state index contributed by atoms with van der Waals surface area (Å²) in [7, 11) is 0. The number of fused-ring (bicyclic) bond motifs is 1. The van der Waals surface area contributed by atoms with Crippen LogP contribution in [-0.2, 0) is 23.5 Å². The van der Waals surface area contributed by atoms with Gasteiger partial charge in [-0.3, -0.25) is 4.79 Å². The Hall–Kier alpha value is -2.59. The summed E-state index contributed by atoms with van der Waals surface area (Å²) >= 11 is 11.8. The smallest absolute Gasteiger partial charge is 0.372 e. The van der Waals surface area contributed by atoms with Crippen LogP contribution in [0.15, 0.2) is 41.6 Å². The number of hydrogen-bond donors (Lipinski definition) is 1. The molecule has 0 spiro atoms. The molecule has 12 heteroatoms. The number of benzene rings is 2. The third-order valence-electron chi connectivity index (χ3n) is 5.47. The van der Waals surface area contributed by atoms with E-state index < -0.39 is 37.1 Å². The van der Waals surface area contributed by atoms with Gasteiger partial charge >= 0.3 is 6.18 Å². The molecule has 0 bridgehead atoms. The predicted octanol–water partition coefficient (Wildman–Crippen LogP) is 5.50. The zero-order valence-corrected chi connectivity index (χ0v) is 18.2. The van der Waals surface area contributed by atoms with Crippen LogP contribution in [0, 0.1) is 0 Å². The Morgan fingerprint density at radius 1 is 1.12 bits per heavy atom. The van der Waals surface area contributed by atoms with Gasteiger partial charge in [0.2, 0.25) is 0 Å². The van der Waals surface area contributed by atoms with Crippen molar-refractivity contribution >= 4 is 34.9 Å². The predicted molar refractivity (Wildman–Crippen MR) is 111 cm³/mol. The van der Waals surface area contributed by atoms with E-state index in [0.717, 1.165) is 17.7 Å². The molecule has 1 atom stereocenters. The molecule has 0 saturated heterocycles. The Kier molecular flexibility index (Phi) is 6.17. The molecule has 33 heavy (non-hydrogen) atoms. The summed E-state index contributed by atoms with van der Waals surface area (Å²) in [6, 6.07) is 8.24. The van der Waals surface area contributed by atoms with Crippen molar-refractivity contribution in [3.63, 3.8) is 0 Å². The second kappa shape index (κ2) is 8.64. The number of hydrogen-bond acceptors (Lipinski definition) is 4. The number of nitrogens with zero attached hydrogens (tertiary/aromatic N) is 2. The molecule has 0 aliphatic carbocycles. The Labute approximate surface area is 195 Å². The van der Waals surface area contributed by atoms with Crippen LogP contribution in [-0.4, -0.2) is 35.8 Å². The van der Waals surface area contributed by atoms with Crippen molar-refractivity contribution in [3.8, 4) is 0 Å². The number of carbonyl (C=O) groups is 1. The van der Waals surface area contributed by atoms with Gasteiger partial charge in [0.1, 0.15) is 5.84 Å². The molecule has 2 aliphatic heterocycles. The lowest BCUT2D eigenvalue weighted by molar-refractivity contribution is -0.275. The van der Waals surface area contributed by atoms with E-state index in [2.05, 4.69) is 10.5 Å². The first-order valence-corrected chi connectivity index (χ1v) is 10.5. The lowest BCUT2D eigenvalue weighted by Crippen LogP contribution is -2.43. The van der Waals surface area contributed by atoms with Crippen LogP contribution in [0.4, 0.5) is 22.0 Å². The molecule has 2 aromatic rings. The fraction of sp³-hybridized carbons (Fsp3) is 0.333. The van der Waals surface area contributed by atoms with Gasteiger partial charge in [0.25, 0.3) is 17.9 Å². The zero-order chi connectivity index (χ0) is 24.0. The second-order valence-electron chi connectivity index (χ2n) is 7.70. The molecule has 176 valence electrons. The molecular formula is C21H16Cl2F5N3O2. The van der Waals surface area contributed by atoms with Crippen LogP contribution >= 0.6 is 23.2 Å². The maximum Gasteiger partial charge on any atom is 0.435 e. The molecule has 4 rings (SSSR count). The van der Waals surface area contributed by atoms with E-state index in [-0.39, 0.29) is 40.1 Å². The highest BCUT2D eigenvalue weighted by molar-refractivity contribution is 6.34. The zero-order valence-electron chi connectivity index (χ0n) is 16.7. The Balaban J connectivity index is 1.54. The minimum atomic E-state index is -4.81. The number of carbonyl (C=O) groups excluding carboxylic acids is 1. The fourth-order valence-electron chi connectivity index (χ4n) is 3.83. The van der Waals surface area contributed by atoms with Crippen molar-refractivity contribution in [3.05, 3.63) is 68.7 Å². The van der Waals surface area contributed by atoms with Crippen LogP contribution in [0.5, 0.6) is 0 Å². The van der Waals surface area contributed by atoms with Crippen molar-refractivity contribution < 1.29 is 31.6 Å². The average Bonchev–Trinajstić information content (AvgIpc) is 3.35. The van der Waals surface area contributed by atoms with Crippen LogP contribution in [0.2, 0.25) is 10.0 Å². The highest BCUT2D eigenvalue weighted by Gasteiger charge is 2.63. The molecule has 1 N–H and O–H groups in total. The van der Waals surface area contributed by atoms with Gasteiger partial charge in [0, 0.05) is 34.3 Å². The number of amides is 1. The number of oxime groups is 1. The summed E-state index contributed by atoms with van der Waals surface area (Å²) < 4.78 is 67.1. The van der Waals surface area contributed by atoms with Crippen LogP contribution in [0.3, 0.4) is 0 Å². The highest BCUT2D eigenvalue weighted by atomic mass is 35.5. The first-order valence-electron chi connectivity index (χ1n) is 9.70. The van der Waals surface area contributed by atoms with Crippen LogP contribution in [0.1, 0.15) is 33.5 Å². The summed E-state index contributed by atoms with van der Waals surface area (Å²) in [5.41, 5.74) is -1.37. The third kappa shape index (κ3) is 4.59. The molecule has 0 saturated carbocycles. The SMILES string of the molecule is O=C(NCC(F)F)c1ccc2c(c1)CN(C1=NOC(c3cc(Cl)cc(Cl)c3)(C(F)(F)F)C1)C2. The Morgan fingerprint density at radius 2 is 1.79 bits per heavy atom. The second-order valence-corrected chi connectivity index (χ2v) is 8.57. The topological polar surface area (TPSA) is 53.9 Å². The van der Waals surface area contributed by atoms with Gasteiger partial charge in [0.15, 0.2) is 0 Å². The van der Waals surface area contributed by atoms with Crippen molar-refractivity contribution in [2.24, 2.45) is 5.16 Å². The monoisotopic (exact) mass is 507 g/mol. The van der Waals surface area contributed by atoms with Crippen LogP contribution in [0.25, 0.3) is 0 Å². The molecule has 1 unspecified atom stereocenters. The van der Waals surface area contributed by atoms with Crippen molar-refractivity contribution in [1.29, 1.82) is 0 Å². The van der Waals surface area contributed by atoms with E-state index in [0.29, 0.717) is 5.56 Å². The van der Waals surface area contributed by atoms with Gasteiger partial charge in [-0.15, -0.1) is 0 Å². The summed E-state index contributed by atoms with van der Waals surface area (Å²) in [6.07, 6.45) is -8.08. The summed E-state index contributed by atoms with van der Waals surface area (Å²) in [5.74, 6) is -0.588. The first kappa shape index (κ1) is 23.6. The first-order chi connectivity index (χ1) is 15.5. The molecule has 5 nitrogen and oxygen atoms in total. The van der Waals surface area contributed by atoms with Crippen molar-refractivity contribution in [2.45, 2.75) is 37.7 Å². The van der Waals surface area contributed by atoms with Gasteiger partial charge in [-0.25, -0.2) is 8.78 Å². The molecule has 1 amide bonds. The van der Waals surface area contributed by atoms with Crippen LogP contribution < -0.4 is 5.32 Å². The maximum absolute atomic E-state index is 14.2. The summed E-state index contributed by atoms with van der Waals surface area (Å²) in [4.78, 5) is 18.7. The molecule has 2 aliphatic rings. The van der Waals surface area contributed by atoms with E-state index >= 15 is 0 Å². The van der Waals surface area contributed by atoms with Gasteiger partial charge < -0.3 is 15.1 Å². The standard InChI is InChI=1S/C21H16Cl2F5N3O2/c22-15-4-14(5-16(23)6-15)20(21(26,27)28)7-18(30-33-20)31-9-12-2-1-11(3-13(12)10-31)19(32)29-8-17(24)25/h1-6,17H,7-10H2,(H,29,32). The molecule has 0 aromatic heterocycles. The lowest BCUT2D eigenvalue weighted by atomic mass is 9.89. The largest absolute Gasteiger partial charge is 0.435 e. The van der Waals surface area contributed by atoms with Gasteiger partial charge in [-0.1, -0.05) is 34.4 Å². The number of amidine groups is 1. The van der Waals surface area contributed by atoms with E-state index in [1.807, 2.05) is 0 Å². The van der Waals surface area contributed by atoms with E-state index in [1.54, 1.807) is 11.0 Å². The molecule has 2 heterocycles. The van der Waals surface area contributed by atoms with E-state index in [4.69, 9.17) is 28.0 Å². The Bertz CT molecular complexity index is 1110. The van der Waals surface area contributed by atoms with Gasteiger partial charge in [-0.2, -0.15) is 13.2 Å². The normalized spacial score (nSPS) is 20.0. The average molecular weight is 508 g/mol. The molecule has 2 aromatic carbocycles. The lowest BCUT2D eigenvalue weighted by Gasteiger charge is -2.30. The number of rotatable bonds is 4. The molecule has 0 fully saturated rings. The molecular weight excluding hydrogens is 492 g/mol. The highest BCUT2D eigenvalue weighted by Crippen LogP contribution is 2.49. The van der Waals surface area contributed by atoms with E-state index in [9.17, 15) is 26.7 Å². The quantitative estimate of drug-likeness (QED) is 0.556. The fourth-order valence-corrected chi connectivity index (χ4v) is 4.36. The van der Waals surface area contributed by atoms with Gasteiger partial charge in [0.05, 0.1) is 13.0 Å². The van der Waals surface area contributed by atoms with Crippen molar-refractivity contribution in [1.82, 2.24) is 10.2 Å².